The van der Waals surface area contributed by atoms with Gasteiger partial charge in [0, 0.05) is 19.1 Å². The molecule has 1 aliphatic heterocycles. The summed E-state index contributed by atoms with van der Waals surface area (Å²) in [4.78, 5) is 12.1. The van der Waals surface area contributed by atoms with Crippen LogP contribution in [0.5, 0.6) is 0 Å². The third-order valence-corrected chi connectivity index (χ3v) is 3.40. The van der Waals surface area contributed by atoms with Gasteiger partial charge in [-0.15, -0.1) is 0 Å². The Balaban J connectivity index is 2.27. The lowest BCUT2D eigenvalue weighted by atomic mass is 10.2. The number of rotatable bonds is 3. The fraction of sp³-hybridized carbons (Fsp3) is 0.636. The zero-order chi connectivity index (χ0) is 13.3. The SMILES string of the molecule is CN(C)CC1CC(O)CN1c1ncnc(N)c1Cl. The highest BCUT2D eigenvalue weighted by atomic mass is 35.5. The number of aliphatic hydroxyl groups is 1. The van der Waals surface area contributed by atoms with Gasteiger partial charge in [-0.1, -0.05) is 11.6 Å². The van der Waals surface area contributed by atoms with Crippen LogP contribution in [0.1, 0.15) is 6.42 Å². The predicted octanol–water partition coefficient (Wildman–Crippen LogP) is 0.213. The standard InChI is InChI=1S/C11H18ClN5O/c1-16(2)4-7-3-8(18)5-17(7)11-9(12)10(13)14-6-15-11/h6-8,18H,3-5H2,1-2H3,(H2,13,14,15). The van der Waals surface area contributed by atoms with Crippen LogP contribution in [0.3, 0.4) is 0 Å². The van der Waals surface area contributed by atoms with Gasteiger partial charge in [-0.05, 0) is 20.5 Å². The van der Waals surface area contributed by atoms with Gasteiger partial charge in [0.2, 0.25) is 0 Å². The summed E-state index contributed by atoms with van der Waals surface area (Å²) in [7, 11) is 4.00. The van der Waals surface area contributed by atoms with Crippen molar-refractivity contribution in [2.75, 3.05) is 37.8 Å². The van der Waals surface area contributed by atoms with Gasteiger partial charge < -0.3 is 20.6 Å². The Labute approximate surface area is 111 Å². The molecule has 6 nitrogen and oxygen atoms in total. The largest absolute Gasteiger partial charge is 0.391 e. The summed E-state index contributed by atoms with van der Waals surface area (Å²) in [5.41, 5.74) is 5.69. The number of nitrogens with zero attached hydrogens (tertiary/aromatic N) is 4. The monoisotopic (exact) mass is 271 g/mol. The summed E-state index contributed by atoms with van der Waals surface area (Å²) in [6.45, 7) is 1.35. The first-order valence-corrected chi connectivity index (χ1v) is 6.22. The third-order valence-electron chi connectivity index (χ3n) is 3.04. The number of aromatic nitrogens is 2. The molecule has 0 aromatic carbocycles. The Bertz CT molecular complexity index is 428. The first-order chi connectivity index (χ1) is 8.49. The van der Waals surface area contributed by atoms with Crippen molar-refractivity contribution in [2.24, 2.45) is 0 Å². The molecule has 2 unspecified atom stereocenters. The number of hydrogen-bond acceptors (Lipinski definition) is 6. The highest BCUT2D eigenvalue weighted by molar-refractivity contribution is 6.35. The molecule has 0 spiro atoms. The molecule has 1 aromatic rings. The van der Waals surface area contributed by atoms with E-state index in [1.807, 2.05) is 19.0 Å². The maximum atomic E-state index is 9.83. The summed E-state index contributed by atoms with van der Waals surface area (Å²) in [6, 6.07) is 0.182. The van der Waals surface area contributed by atoms with Crippen molar-refractivity contribution in [3.63, 3.8) is 0 Å². The normalized spacial score (nSPS) is 23.9. The topological polar surface area (TPSA) is 78.5 Å². The Morgan fingerprint density at radius 3 is 2.94 bits per heavy atom. The Kier molecular flexibility index (Phi) is 3.89. The number of likely N-dealkylation sites (N-methyl/N-ethyl adjacent to an activating group) is 1. The second-order valence-corrected chi connectivity index (χ2v) is 5.23. The summed E-state index contributed by atoms with van der Waals surface area (Å²) in [5.74, 6) is 0.874. The number of aliphatic hydroxyl groups excluding tert-OH is 1. The fourth-order valence-corrected chi connectivity index (χ4v) is 2.53. The summed E-state index contributed by atoms with van der Waals surface area (Å²) in [5, 5.41) is 10.2. The number of hydrogen-bond donors (Lipinski definition) is 2. The van der Waals surface area contributed by atoms with E-state index in [-0.39, 0.29) is 18.0 Å². The first-order valence-electron chi connectivity index (χ1n) is 5.84. The molecule has 0 amide bonds. The second-order valence-electron chi connectivity index (χ2n) is 4.85. The van der Waals surface area contributed by atoms with Crippen molar-refractivity contribution in [2.45, 2.75) is 18.6 Å². The minimum Gasteiger partial charge on any atom is -0.391 e. The van der Waals surface area contributed by atoms with Crippen molar-refractivity contribution in [1.82, 2.24) is 14.9 Å². The summed E-state index contributed by atoms with van der Waals surface area (Å²) in [6.07, 6.45) is 1.74. The van der Waals surface area contributed by atoms with Crippen molar-refractivity contribution < 1.29 is 5.11 Å². The summed E-state index contributed by atoms with van der Waals surface area (Å²) < 4.78 is 0. The number of nitrogens with two attached hydrogens (primary N) is 1. The van der Waals surface area contributed by atoms with Gasteiger partial charge in [0.25, 0.3) is 0 Å². The van der Waals surface area contributed by atoms with Gasteiger partial charge in [-0.3, -0.25) is 0 Å². The summed E-state index contributed by atoms with van der Waals surface area (Å²) >= 11 is 6.14. The zero-order valence-corrected chi connectivity index (χ0v) is 11.3. The molecule has 100 valence electrons. The van der Waals surface area contributed by atoms with E-state index in [2.05, 4.69) is 14.9 Å². The van der Waals surface area contributed by atoms with Crippen LogP contribution in [0.25, 0.3) is 0 Å². The van der Waals surface area contributed by atoms with Crippen LogP contribution >= 0.6 is 11.6 Å². The molecule has 0 aliphatic carbocycles. The average molecular weight is 272 g/mol. The molecule has 0 radical (unpaired) electrons. The first kappa shape index (κ1) is 13.3. The Morgan fingerprint density at radius 2 is 2.28 bits per heavy atom. The molecule has 1 fully saturated rings. The maximum absolute atomic E-state index is 9.83. The second kappa shape index (κ2) is 5.26. The lowest BCUT2D eigenvalue weighted by molar-refractivity contribution is 0.191. The van der Waals surface area contributed by atoms with Gasteiger partial charge in [-0.25, -0.2) is 9.97 Å². The molecule has 2 atom stereocenters. The van der Waals surface area contributed by atoms with Crippen LogP contribution in [-0.4, -0.2) is 59.3 Å². The van der Waals surface area contributed by atoms with E-state index in [1.165, 1.54) is 6.33 Å². The van der Waals surface area contributed by atoms with Crippen molar-refractivity contribution >= 4 is 23.2 Å². The molecule has 1 saturated heterocycles. The highest BCUT2D eigenvalue weighted by Gasteiger charge is 2.33. The zero-order valence-electron chi connectivity index (χ0n) is 10.5. The van der Waals surface area contributed by atoms with Gasteiger partial charge in [0.05, 0.1) is 6.10 Å². The van der Waals surface area contributed by atoms with Crippen LogP contribution in [0.15, 0.2) is 6.33 Å². The molecule has 2 rings (SSSR count). The quantitative estimate of drug-likeness (QED) is 0.819. The maximum Gasteiger partial charge on any atom is 0.153 e. The third kappa shape index (κ3) is 2.66. The van der Waals surface area contributed by atoms with E-state index in [0.29, 0.717) is 23.8 Å². The molecular weight excluding hydrogens is 254 g/mol. The van der Waals surface area contributed by atoms with E-state index in [1.54, 1.807) is 0 Å². The van der Waals surface area contributed by atoms with Crippen LogP contribution in [-0.2, 0) is 0 Å². The highest BCUT2D eigenvalue weighted by Crippen LogP contribution is 2.32. The van der Waals surface area contributed by atoms with Gasteiger partial charge in [-0.2, -0.15) is 0 Å². The Hall–Kier alpha value is -1.11. The van der Waals surface area contributed by atoms with E-state index in [4.69, 9.17) is 17.3 Å². The molecular formula is C11H18ClN5O. The lowest BCUT2D eigenvalue weighted by Crippen LogP contribution is -2.38. The van der Waals surface area contributed by atoms with Crippen LogP contribution in [0, 0.1) is 0 Å². The van der Waals surface area contributed by atoms with Gasteiger partial charge in [0.15, 0.2) is 5.82 Å². The minimum absolute atomic E-state index is 0.182. The van der Waals surface area contributed by atoms with E-state index in [9.17, 15) is 5.11 Å². The minimum atomic E-state index is -0.359. The number of nitrogen functional groups attached to an aromatic ring is 1. The Morgan fingerprint density at radius 1 is 1.56 bits per heavy atom. The molecule has 7 heteroatoms. The smallest absolute Gasteiger partial charge is 0.153 e. The van der Waals surface area contributed by atoms with E-state index < -0.39 is 0 Å². The van der Waals surface area contributed by atoms with Crippen molar-refractivity contribution in [3.05, 3.63) is 11.3 Å². The number of anilines is 2. The van der Waals surface area contributed by atoms with Crippen LogP contribution in [0.4, 0.5) is 11.6 Å². The predicted molar refractivity (Wildman–Crippen MR) is 71.8 cm³/mol. The average Bonchev–Trinajstić information content (AvgIpc) is 2.62. The molecule has 0 saturated carbocycles. The molecule has 0 bridgehead atoms. The van der Waals surface area contributed by atoms with Crippen LogP contribution in [0.2, 0.25) is 5.02 Å². The number of β-amino-alcohol motifs (C(OH)–C–C–N with tert-alkyl or cyclic N) is 1. The molecule has 3 N–H and O–H groups in total. The molecule has 2 heterocycles. The molecule has 18 heavy (non-hydrogen) atoms. The van der Waals surface area contributed by atoms with Crippen molar-refractivity contribution in [1.29, 1.82) is 0 Å². The molecule has 1 aliphatic rings. The van der Waals surface area contributed by atoms with E-state index >= 15 is 0 Å². The molecule has 1 aromatic heterocycles. The lowest BCUT2D eigenvalue weighted by Gasteiger charge is -2.28. The number of halogens is 1. The van der Waals surface area contributed by atoms with Gasteiger partial charge >= 0.3 is 0 Å². The fourth-order valence-electron chi connectivity index (χ4n) is 2.32. The van der Waals surface area contributed by atoms with E-state index in [0.717, 1.165) is 6.54 Å². The van der Waals surface area contributed by atoms with Crippen molar-refractivity contribution in [3.8, 4) is 0 Å². The van der Waals surface area contributed by atoms with Crippen LogP contribution < -0.4 is 10.6 Å². The van der Waals surface area contributed by atoms with Gasteiger partial charge in [0.1, 0.15) is 17.2 Å².